The summed E-state index contributed by atoms with van der Waals surface area (Å²) in [4.78, 5) is 11.4. The molecule has 0 unspecified atom stereocenters. The molecule has 0 spiro atoms. The van der Waals surface area contributed by atoms with Gasteiger partial charge in [-0.2, -0.15) is 4.68 Å². The number of hydrogen-bond donors (Lipinski definition) is 3. The van der Waals surface area contributed by atoms with Gasteiger partial charge >= 0.3 is 5.70 Å². The van der Waals surface area contributed by atoms with Crippen molar-refractivity contribution in [2.45, 2.75) is 6.92 Å². The predicted octanol–water partition coefficient (Wildman–Crippen LogP) is 3.57. The molecule has 32 heavy (non-hydrogen) atoms. The number of nitro groups is 1. The second-order valence-corrected chi connectivity index (χ2v) is 7.06. The van der Waals surface area contributed by atoms with Crippen molar-refractivity contribution in [1.82, 2.24) is 20.3 Å². The highest BCUT2D eigenvalue weighted by molar-refractivity contribution is 6.40. The number of ether oxygens (including phenoxy) is 1. The first kappa shape index (κ1) is 23.3. The van der Waals surface area contributed by atoms with Crippen LogP contribution in [0.5, 0.6) is 5.75 Å². The van der Waals surface area contributed by atoms with Crippen LogP contribution in [0.15, 0.2) is 64.4 Å². The third kappa shape index (κ3) is 5.28. The summed E-state index contributed by atoms with van der Waals surface area (Å²) in [6, 6.07) is 13.8. The quantitative estimate of drug-likeness (QED) is 0.174. The molecule has 168 valence electrons. The average molecular weight is 479 g/mol. The first-order valence-corrected chi connectivity index (χ1v) is 10.3. The molecule has 10 nitrogen and oxygen atoms in total. The van der Waals surface area contributed by atoms with Crippen molar-refractivity contribution in [1.29, 1.82) is 0 Å². The van der Waals surface area contributed by atoms with Crippen molar-refractivity contribution in [3.05, 3.63) is 74.5 Å². The van der Waals surface area contributed by atoms with Crippen molar-refractivity contribution in [3.8, 4) is 5.75 Å². The van der Waals surface area contributed by atoms with E-state index in [9.17, 15) is 10.1 Å². The van der Waals surface area contributed by atoms with Gasteiger partial charge in [0, 0.05) is 12.2 Å². The molecule has 0 saturated heterocycles. The molecule has 3 aromatic rings. The highest BCUT2D eigenvalue weighted by atomic mass is 35.5. The van der Waals surface area contributed by atoms with Gasteiger partial charge in [0.2, 0.25) is 5.82 Å². The minimum atomic E-state index is -0.668. The minimum Gasteiger partial charge on any atom is -0.494 e. The number of allylic oxidation sites excluding steroid dienone is 1. The zero-order chi connectivity index (χ0) is 23.1. The van der Waals surface area contributed by atoms with Crippen LogP contribution in [-0.2, 0) is 0 Å². The third-order valence-corrected chi connectivity index (χ3v) is 4.98. The Morgan fingerprint density at radius 2 is 1.94 bits per heavy atom. The summed E-state index contributed by atoms with van der Waals surface area (Å²) < 4.78 is 6.72. The summed E-state index contributed by atoms with van der Waals surface area (Å²) in [6.07, 6.45) is 0. The van der Waals surface area contributed by atoms with E-state index in [1.807, 2.05) is 6.92 Å². The molecule has 1 aromatic heterocycles. The molecular weight excluding hydrogens is 459 g/mol. The van der Waals surface area contributed by atoms with Crippen LogP contribution in [0.1, 0.15) is 6.92 Å². The van der Waals surface area contributed by atoms with Gasteiger partial charge in [0.05, 0.1) is 23.7 Å². The summed E-state index contributed by atoms with van der Waals surface area (Å²) in [5, 5.41) is 34.3. The standard InChI is InChI=1S/C20H20Cl2N6O4/c1-2-32-14-9-7-13(8-10-14)24-20(27-16-6-4-3-5-15(16)25-26-27)18(28(30)31)17(21)19(22)23-11-12-29/h3-10,23-24,29H,2,11-12H2,1H3/b19-17+,20-18+. The Labute approximate surface area is 193 Å². The number of aromatic nitrogens is 3. The van der Waals surface area contributed by atoms with Crippen molar-refractivity contribution in [3.63, 3.8) is 0 Å². The topological polar surface area (TPSA) is 127 Å². The maximum Gasteiger partial charge on any atom is 0.333 e. The van der Waals surface area contributed by atoms with Crippen molar-refractivity contribution >= 4 is 45.7 Å². The number of halogens is 2. The Morgan fingerprint density at radius 1 is 1.22 bits per heavy atom. The molecule has 3 rings (SSSR count). The monoisotopic (exact) mass is 478 g/mol. The average Bonchev–Trinajstić information content (AvgIpc) is 3.22. The zero-order valence-corrected chi connectivity index (χ0v) is 18.5. The summed E-state index contributed by atoms with van der Waals surface area (Å²) >= 11 is 12.4. The Balaban J connectivity index is 2.18. The van der Waals surface area contributed by atoms with E-state index in [4.69, 9.17) is 33.0 Å². The normalized spacial score (nSPS) is 12.8. The molecule has 0 amide bonds. The minimum absolute atomic E-state index is 0.0634. The van der Waals surface area contributed by atoms with Crippen LogP contribution in [0.25, 0.3) is 16.9 Å². The fourth-order valence-electron chi connectivity index (χ4n) is 2.80. The number of nitrogens with zero attached hydrogens (tertiary/aromatic N) is 4. The second kappa shape index (κ2) is 10.8. The Morgan fingerprint density at radius 3 is 2.59 bits per heavy atom. The van der Waals surface area contributed by atoms with Crippen LogP contribution in [0.2, 0.25) is 0 Å². The maximum absolute atomic E-state index is 12.1. The van der Waals surface area contributed by atoms with Gasteiger partial charge in [-0.3, -0.25) is 10.1 Å². The maximum atomic E-state index is 12.1. The summed E-state index contributed by atoms with van der Waals surface area (Å²) in [6.45, 7) is 2.21. The van der Waals surface area contributed by atoms with Crippen LogP contribution in [0.4, 0.5) is 5.69 Å². The van der Waals surface area contributed by atoms with Crippen LogP contribution < -0.4 is 15.4 Å². The third-order valence-electron chi connectivity index (χ3n) is 4.19. The first-order valence-electron chi connectivity index (χ1n) is 9.56. The fraction of sp³-hybridized carbons (Fsp3) is 0.200. The number of rotatable bonds is 10. The molecule has 0 radical (unpaired) electrons. The van der Waals surface area contributed by atoms with Gasteiger partial charge in [0.15, 0.2) is 5.03 Å². The Bertz CT molecular complexity index is 1160. The van der Waals surface area contributed by atoms with Gasteiger partial charge < -0.3 is 20.5 Å². The Hall–Kier alpha value is -3.34. The number of anilines is 1. The van der Waals surface area contributed by atoms with E-state index < -0.39 is 10.6 Å². The largest absolute Gasteiger partial charge is 0.494 e. The second-order valence-electron chi connectivity index (χ2n) is 6.31. The molecule has 0 fully saturated rings. The van der Waals surface area contributed by atoms with E-state index in [2.05, 4.69) is 20.9 Å². The molecule has 2 aromatic carbocycles. The van der Waals surface area contributed by atoms with Crippen molar-refractivity contribution in [2.75, 3.05) is 25.1 Å². The number of hydrogen-bond acceptors (Lipinski definition) is 8. The van der Waals surface area contributed by atoms with E-state index in [1.165, 1.54) is 4.68 Å². The molecule has 1 heterocycles. The number of para-hydroxylation sites is 1. The van der Waals surface area contributed by atoms with Gasteiger partial charge in [0.25, 0.3) is 0 Å². The molecule has 3 N–H and O–H groups in total. The van der Waals surface area contributed by atoms with Crippen molar-refractivity contribution in [2.24, 2.45) is 0 Å². The highest BCUT2D eigenvalue weighted by Crippen LogP contribution is 2.29. The van der Waals surface area contributed by atoms with Gasteiger partial charge in [0.1, 0.15) is 16.4 Å². The molecule has 0 bridgehead atoms. The van der Waals surface area contributed by atoms with Crippen LogP contribution in [0.3, 0.4) is 0 Å². The number of benzene rings is 2. The smallest absolute Gasteiger partial charge is 0.333 e. The fourth-order valence-corrected chi connectivity index (χ4v) is 3.21. The number of fused-ring (bicyclic) bond motifs is 1. The highest BCUT2D eigenvalue weighted by Gasteiger charge is 2.29. The Kier molecular flexibility index (Phi) is 7.87. The molecule has 0 atom stereocenters. The molecule has 0 aliphatic carbocycles. The van der Waals surface area contributed by atoms with Gasteiger partial charge in [-0.05, 0) is 43.3 Å². The van der Waals surface area contributed by atoms with E-state index in [1.54, 1.807) is 48.5 Å². The van der Waals surface area contributed by atoms with Crippen molar-refractivity contribution < 1.29 is 14.8 Å². The molecule has 12 heteroatoms. The SMILES string of the molecule is CCOc1ccc(N/C(=C(/C(Cl)=C(/Cl)NCCO)[N+](=O)[O-])n2nnc3ccccc32)cc1. The van der Waals surface area contributed by atoms with Crippen LogP contribution >= 0.6 is 23.2 Å². The number of aliphatic hydroxyl groups excluding tert-OH is 1. The summed E-state index contributed by atoms with van der Waals surface area (Å²) in [5.74, 6) is 0.584. The lowest BCUT2D eigenvalue weighted by molar-refractivity contribution is -0.419. The van der Waals surface area contributed by atoms with Gasteiger partial charge in [-0.15, -0.1) is 5.10 Å². The van der Waals surface area contributed by atoms with E-state index in [0.717, 1.165) is 0 Å². The summed E-state index contributed by atoms with van der Waals surface area (Å²) in [7, 11) is 0. The number of nitrogens with one attached hydrogen (secondary N) is 2. The van der Waals surface area contributed by atoms with E-state index >= 15 is 0 Å². The lowest BCUT2D eigenvalue weighted by Crippen LogP contribution is -2.20. The van der Waals surface area contributed by atoms with E-state index in [-0.39, 0.29) is 29.2 Å². The lowest BCUT2D eigenvalue weighted by atomic mass is 10.2. The van der Waals surface area contributed by atoms with Crippen LogP contribution in [-0.4, -0.2) is 44.8 Å². The molecular formula is C20H20Cl2N6O4. The molecule has 0 aliphatic rings. The molecule has 0 aliphatic heterocycles. The summed E-state index contributed by atoms with van der Waals surface area (Å²) in [5.41, 5.74) is 1.04. The first-order chi connectivity index (χ1) is 15.5. The zero-order valence-electron chi connectivity index (χ0n) is 17.0. The van der Waals surface area contributed by atoms with Gasteiger partial charge in [-0.25, -0.2) is 0 Å². The number of aliphatic hydroxyl groups is 1. The van der Waals surface area contributed by atoms with Crippen LogP contribution in [0, 0.1) is 10.1 Å². The lowest BCUT2D eigenvalue weighted by Gasteiger charge is -2.14. The van der Waals surface area contributed by atoms with Gasteiger partial charge in [-0.1, -0.05) is 40.5 Å². The molecule has 0 saturated carbocycles. The van der Waals surface area contributed by atoms with E-state index in [0.29, 0.717) is 29.1 Å². The predicted molar refractivity (Wildman–Crippen MR) is 123 cm³/mol.